The number of aromatic nitrogens is 3. The summed E-state index contributed by atoms with van der Waals surface area (Å²) in [5.74, 6) is 0. The van der Waals surface area contributed by atoms with Crippen LogP contribution in [-0.4, -0.2) is 14.5 Å². The van der Waals surface area contributed by atoms with Crippen molar-refractivity contribution in [3.05, 3.63) is 48.0 Å². The lowest BCUT2D eigenvalue weighted by Crippen LogP contribution is -1.89. The molecular weight excluding hydrogens is 258 g/mol. The molecule has 0 bridgehead atoms. The minimum absolute atomic E-state index is 0.292. The van der Waals surface area contributed by atoms with Crippen molar-refractivity contribution in [1.82, 2.24) is 14.5 Å². The average molecular weight is 270 g/mol. The van der Waals surface area contributed by atoms with Crippen molar-refractivity contribution in [2.24, 2.45) is 0 Å². The van der Waals surface area contributed by atoms with Crippen LogP contribution in [0.1, 0.15) is 18.9 Å². The van der Waals surface area contributed by atoms with Crippen molar-refractivity contribution in [3.8, 4) is 11.3 Å². The van der Waals surface area contributed by atoms with Gasteiger partial charge in [-0.05, 0) is 36.6 Å². The van der Waals surface area contributed by atoms with Crippen LogP contribution in [0.25, 0.3) is 22.2 Å². The molecule has 1 fully saturated rings. The fraction of sp³-hybridized carbons (Fsp3) is 0.200. The lowest BCUT2D eigenvalue weighted by molar-refractivity contribution is 0.776. The Morgan fingerprint density at radius 3 is 2.79 bits per heavy atom. The summed E-state index contributed by atoms with van der Waals surface area (Å²) in [4.78, 5) is 8.27. The number of para-hydroxylation sites is 1. The molecular formula is C15H12ClN3. The zero-order valence-corrected chi connectivity index (χ0v) is 11.0. The third-order valence-electron chi connectivity index (χ3n) is 3.58. The Bertz CT molecular complexity index is 759. The van der Waals surface area contributed by atoms with E-state index in [-0.39, 0.29) is 0 Å². The third kappa shape index (κ3) is 1.81. The lowest BCUT2D eigenvalue weighted by atomic mass is 10.1. The molecule has 0 unspecified atom stereocenters. The van der Waals surface area contributed by atoms with Gasteiger partial charge in [0.25, 0.3) is 0 Å². The highest BCUT2D eigenvalue weighted by atomic mass is 35.5. The van der Waals surface area contributed by atoms with Gasteiger partial charge in [-0.3, -0.25) is 0 Å². The zero-order valence-electron chi connectivity index (χ0n) is 10.3. The fourth-order valence-electron chi connectivity index (χ4n) is 2.55. The van der Waals surface area contributed by atoms with Gasteiger partial charge in [0, 0.05) is 34.9 Å². The highest BCUT2D eigenvalue weighted by molar-refractivity contribution is 6.28. The van der Waals surface area contributed by atoms with Gasteiger partial charge in [-0.15, -0.1) is 0 Å². The Balaban J connectivity index is 1.99. The predicted octanol–water partition coefficient (Wildman–Crippen LogP) is 4.09. The second kappa shape index (κ2) is 4.07. The zero-order chi connectivity index (χ0) is 12.8. The molecule has 4 heteroatoms. The normalized spacial score (nSPS) is 15.0. The van der Waals surface area contributed by atoms with Crippen LogP contribution in [0.5, 0.6) is 0 Å². The molecule has 3 aromatic rings. The van der Waals surface area contributed by atoms with Crippen molar-refractivity contribution >= 4 is 22.5 Å². The molecule has 94 valence electrons. The minimum Gasteiger partial charge on any atom is -0.344 e. The maximum Gasteiger partial charge on any atom is 0.222 e. The number of nitrogens with zero attached hydrogens (tertiary/aromatic N) is 3. The highest BCUT2D eigenvalue weighted by Crippen LogP contribution is 2.40. The molecule has 0 spiro atoms. The van der Waals surface area contributed by atoms with E-state index in [9.17, 15) is 0 Å². The van der Waals surface area contributed by atoms with E-state index in [1.54, 1.807) is 6.20 Å². The fourth-order valence-corrected chi connectivity index (χ4v) is 2.70. The van der Waals surface area contributed by atoms with E-state index in [2.05, 4.69) is 45.0 Å². The average Bonchev–Trinajstić information content (AvgIpc) is 3.20. The van der Waals surface area contributed by atoms with Crippen LogP contribution in [0.3, 0.4) is 0 Å². The summed E-state index contributed by atoms with van der Waals surface area (Å²) in [7, 11) is 0. The molecule has 3 nitrogen and oxygen atoms in total. The quantitative estimate of drug-likeness (QED) is 0.656. The van der Waals surface area contributed by atoms with E-state index in [1.807, 2.05) is 6.07 Å². The van der Waals surface area contributed by atoms with Gasteiger partial charge in [-0.1, -0.05) is 18.2 Å². The molecule has 0 amide bonds. The molecule has 19 heavy (non-hydrogen) atoms. The summed E-state index contributed by atoms with van der Waals surface area (Å²) in [6, 6.07) is 11.0. The molecule has 2 heterocycles. The smallest absolute Gasteiger partial charge is 0.222 e. The molecule has 1 aliphatic carbocycles. The van der Waals surface area contributed by atoms with Crippen molar-refractivity contribution < 1.29 is 0 Å². The van der Waals surface area contributed by atoms with Crippen molar-refractivity contribution in [2.75, 3.05) is 0 Å². The molecule has 0 radical (unpaired) electrons. The number of rotatable bonds is 2. The largest absolute Gasteiger partial charge is 0.344 e. The summed E-state index contributed by atoms with van der Waals surface area (Å²) in [6.07, 6.45) is 6.43. The van der Waals surface area contributed by atoms with Gasteiger partial charge in [-0.2, -0.15) is 0 Å². The van der Waals surface area contributed by atoms with E-state index in [0.717, 1.165) is 11.3 Å². The Hall–Kier alpha value is -1.87. The van der Waals surface area contributed by atoms with Crippen LogP contribution in [0.15, 0.2) is 42.7 Å². The van der Waals surface area contributed by atoms with Crippen LogP contribution >= 0.6 is 11.6 Å². The molecule has 0 saturated heterocycles. The Kier molecular flexibility index (Phi) is 2.35. The number of halogens is 1. The van der Waals surface area contributed by atoms with Gasteiger partial charge in [0.1, 0.15) is 0 Å². The van der Waals surface area contributed by atoms with Gasteiger partial charge in [0.05, 0.1) is 5.69 Å². The second-order valence-corrected chi connectivity index (χ2v) is 5.25. The maximum absolute atomic E-state index is 5.90. The predicted molar refractivity (Wildman–Crippen MR) is 76.2 cm³/mol. The topological polar surface area (TPSA) is 30.7 Å². The molecule has 0 aliphatic heterocycles. The standard InChI is InChI=1S/C15H12ClN3/c16-15-17-8-7-13(18-15)12-9-19(10-5-6-10)14-4-2-1-3-11(12)14/h1-4,7-10H,5-6H2. The number of hydrogen-bond donors (Lipinski definition) is 0. The molecule has 2 aromatic heterocycles. The first-order chi connectivity index (χ1) is 9.33. The highest BCUT2D eigenvalue weighted by Gasteiger charge is 2.26. The van der Waals surface area contributed by atoms with Gasteiger partial charge in [-0.25, -0.2) is 9.97 Å². The lowest BCUT2D eigenvalue weighted by Gasteiger charge is -2.00. The van der Waals surface area contributed by atoms with E-state index >= 15 is 0 Å². The number of benzene rings is 1. The summed E-state index contributed by atoms with van der Waals surface area (Å²) in [6.45, 7) is 0. The van der Waals surface area contributed by atoms with Crippen LogP contribution in [0.2, 0.25) is 5.28 Å². The van der Waals surface area contributed by atoms with E-state index < -0.39 is 0 Å². The first kappa shape index (κ1) is 11.0. The summed E-state index contributed by atoms with van der Waals surface area (Å²) in [5.41, 5.74) is 3.29. The van der Waals surface area contributed by atoms with Gasteiger partial charge < -0.3 is 4.57 Å². The van der Waals surface area contributed by atoms with Gasteiger partial charge >= 0.3 is 0 Å². The first-order valence-corrected chi connectivity index (χ1v) is 6.79. The van der Waals surface area contributed by atoms with Gasteiger partial charge in [0.2, 0.25) is 5.28 Å². The number of fused-ring (bicyclic) bond motifs is 1. The Morgan fingerprint density at radius 2 is 2.00 bits per heavy atom. The van der Waals surface area contributed by atoms with E-state index in [1.165, 1.54) is 23.7 Å². The number of hydrogen-bond acceptors (Lipinski definition) is 2. The van der Waals surface area contributed by atoms with Crippen molar-refractivity contribution in [3.63, 3.8) is 0 Å². The molecule has 1 aromatic carbocycles. The van der Waals surface area contributed by atoms with Crippen LogP contribution in [-0.2, 0) is 0 Å². The Labute approximate surface area is 115 Å². The van der Waals surface area contributed by atoms with Crippen molar-refractivity contribution in [1.29, 1.82) is 0 Å². The first-order valence-electron chi connectivity index (χ1n) is 6.41. The third-order valence-corrected chi connectivity index (χ3v) is 3.77. The molecule has 1 saturated carbocycles. The van der Waals surface area contributed by atoms with Crippen LogP contribution in [0, 0.1) is 0 Å². The second-order valence-electron chi connectivity index (χ2n) is 4.91. The van der Waals surface area contributed by atoms with Crippen LogP contribution < -0.4 is 0 Å². The Morgan fingerprint density at radius 1 is 1.16 bits per heavy atom. The van der Waals surface area contributed by atoms with Crippen LogP contribution in [0.4, 0.5) is 0 Å². The van der Waals surface area contributed by atoms with E-state index in [4.69, 9.17) is 11.6 Å². The minimum atomic E-state index is 0.292. The maximum atomic E-state index is 5.90. The molecule has 0 atom stereocenters. The molecule has 0 N–H and O–H groups in total. The summed E-state index contributed by atoms with van der Waals surface area (Å²) >= 11 is 5.90. The molecule has 4 rings (SSSR count). The van der Waals surface area contributed by atoms with Gasteiger partial charge in [0.15, 0.2) is 0 Å². The summed E-state index contributed by atoms with van der Waals surface area (Å²) < 4.78 is 2.36. The SMILES string of the molecule is Clc1nccc(-c2cn(C3CC3)c3ccccc23)n1. The molecule has 1 aliphatic rings. The summed E-state index contributed by atoms with van der Waals surface area (Å²) in [5, 5.41) is 1.52. The van der Waals surface area contributed by atoms with Crippen molar-refractivity contribution in [2.45, 2.75) is 18.9 Å². The monoisotopic (exact) mass is 269 g/mol. The van der Waals surface area contributed by atoms with E-state index in [0.29, 0.717) is 11.3 Å².